The Bertz CT molecular complexity index is 625. The van der Waals surface area contributed by atoms with Crippen LogP contribution in [0.25, 0.3) is 10.9 Å². The molecular formula is C17H21NO. The number of rotatable bonds is 2. The summed E-state index contributed by atoms with van der Waals surface area (Å²) in [5.74, 6) is 1.05. The summed E-state index contributed by atoms with van der Waals surface area (Å²) < 4.78 is 2.39. The number of hydrogen-bond donors (Lipinski definition) is 0. The zero-order valence-electron chi connectivity index (χ0n) is 11.9. The third kappa shape index (κ3) is 1.66. The first-order chi connectivity index (χ1) is 9.19. The molecule has 3 atom stereocenters. The van der Waals surface area contributed by atoms with Crippen LogP contribution in [0.2, 0.25) is 0 Å². The maximum Gasteiger partial charge on any atom is 0.127 e. The first-order valence-electron chi connectivity index (χ1n) is 7.24. The summed E-state index contributed by atoms with van der Waals surface area (Å²) in [5.41, 5.74) is 3.95. The zero-order valence-corrected chi connectivity index (χ0v) is 11.9. The highest BCUT2D eigenvalue weighted by molar-refractivity contribution is 5.89. The van der Waals surface area contributed by atoms with E-state index in [-0.39, 0.29) is 5.92 Å². The van der Waals surface area contributed by atoms with Crippen LogP contribution in [0.4, 0.5) is 0 Å². The van der Waals surface area contributed by atoms with Gasteiger partial charge in [-0.15, -0.1) is 0 Å². The molecule has 0 radical (unpaired) electrons. The lowest BCUT2D eigenvalue weighted by Crippen LogP contribution is -2.27. The van der Waals surface area contributed by atoms with E-state index in [0.29, 0.717) is 11.8 Å². The van der Waals surface area contributed by atoms with Crippen molar-refractivity contribution in [2.45, 2.75) is 39.7 Å². The van der Waals surface area contributed by atoms with E-state index >= 15 is 0 Å². The van der Waals surface area contributed by atoms with E-state index in [2.05, 4.69) is 49.6 Å². The second-order valence-electron chi connectivity index (χ2n) is 5.82. The van der Waals surface area contributed by atoms with Crippen molar-refractivity contribution in [3.05, 3.63) is 35.5 Å². The molecule has 1 aliphatic carbocycles. The van der Waals surface area contributed by atoms with Crippen LogP contribution in [-0.2, 0) is 17.8 Å². The summed E-state index contributed by atoms with van der Waals surface area (Å²) in [5, 5.41) is 1.27. The molecule has 1 aromatic heterocycles. The molecule has 19 heavy (non-hydrogen) atoms. The molecule has 0 aliphatic heterocycles. The number of carbonyl (C=O) groups is 1. The molecule has 2 aromatic rings. The highest BCUT2D eigenvalue weighted by Crippen LogP contribution is 2.43. The number of nitrogens with zero attached hydrogens (tertiary/aromatic N) is 1. The summed E-state index contributed by atoms with van der Waals surface area (Å²) in [6, 6.07) is 8.50. The fourth-order valence-corrected chi connectivity index (χ4v) is 3.64. The predicted molar refractivity (Wildman–Crippen MR) is 78.4 cm³/mol. The minimum atomic E-state index is 0.0523. The highest BCUT2D eigenvalue weighted by Gasteiger charge is 2.35. The maximum absolute atomic E-state index is 11.6. The second kappa shape index (κ2) is 4.52. The zero-order chi connectivity index (χ0) is 13.6. The molecule has 0 saturated heterocycles. The lowest BCUT2D eigenvalue weighted by molar-refractivity contribution is -0.110. The van der Waals surface area contributed by atoms with Gasteiger partial charge in [0.25, 0.3) is 0 Å². The van der Waals surface area contributed by atoms with E-state index in [1.165, 1.54) is 22.2 Å². The molecule has 100 valence electrons. The van der Waals surface area contributed by atoms with E-state index < -0.39 is 0 Å². The van der Waals surface area contributed by atoms with Crippen LogP contribution in [0, 0.1) is 11.8 Å². The van der Waals surface area contributed by atoms with Gasteiger partial charge < -0.3 is 9.36 Å². The molecule has 0 spiro atoms. The Kier molecular flexibility index (Phi) is 2.96. The number of fused-ring (bicyclic) bond motifs is 3. The molecule has 0 bridgehead atoms. The van der Waals surface area contributed by atoms with Gasteiger partial charge in [-0.25, -0.2) is 0 Å². The van der Waals surface area contributed by atoms with Crippen molar-refractivity contribution < 1.29 is 4.79 Å². The van der Waals surface area contributed by atoms with Crippen molar-refractivity contribution in [2.75, 3.05) is 0 Å². The predicted octanol–water partition coefficient (Wildman–Crippen LogP) is 3.77. The largest absolute Gasteiger partial charge is 0.345 e. The number of hydrogen-bond acceptors (Lipinski definition) is 1. The molecule has 0 saturated carbocycles. The van der Waals surface area contributed by atoms with Crippen molar-refractivity contribution in [3.8, 4) is 0 Å². The van der Waals surface area contributed by atoms with E-state index in [4.69, 9.17) is 0 Å². The highest BCUT2D eigenvalue weighted by atomic mass is 16.1. The molecule has 0 N–H and O–H groups in total. The van der Waals surface area contributed by atoms with Crippen molar-refractivity contribution >= 4 is 17.2 Å². The van der Waals surface area contributed by atoms with E-state index in [1.807, 2.05) is 0 Å². The number of aldehydes is 1. The normalized spacial score (nSPS) is 26.4. The van der Waals surface area contributed by atoms with Gasteiger partial charge in [0.1, 0.15) is 6.29 Å². The topological polar surface area (TPSA) is 22.0 Å². The van der Waals surface area contributed by atoms with Crippen LogP contribution in [0.15, 0.2) is 24.3 Å². The maximum atomic E-state index is 11.6. The van der Waals surface area contributed by atoms with Gasteiger partial charge >= 0.3 is 0 Å². The van der Waals surface area contributed by atoms with E-state index in [1.54, 1.807) is 0 Å². The third-order valence-corrected chi connectivity index (χ3v) is 4.90. The molecule has 1 aromatic carbocycles. The lowest BCUT2D eigenvalue weighted by Gasteiger charge is -2.32. The summed E-state index contributed by atoms with van der Waals surface area (Å²) in [7, 11) is 0. The molecular weight excluding hydrogens is 234 g/mol. The lowest BCUT2D eigenvalue weighted by atomic mass is 9.72. The summed E-state index contributed by atoms with van der Waals surface area (Å²) in [6.07, 6.45) is 2.24. The number of carbonyl (C=O) groups excluding carboxylic acids is 1. The first kappa shape index (κ1) is 12.5. The number of para-hydroxylation sites is 1. The molecule has 2 heteroatoms. The first-order valence-corrected chi connectivity index (χ1v) is 7.24. The Morgan fingerprint density at radius 1 is 1.32 bits per heavy atom. The van der Waals surface area contributed by atoms with Crippen LogP contribution >= 0.6 is 0 Å². The van der Waals surface area contributed by atoms with E-state index in [9.17, 15) is 4.79 Å². The van der Waals surface area contributed by atoms with Crippen molar-refractivity contribution in [2.24, 2.45) is 11.8 Å². The summed E-state index contributed by atoms with van der Waals surface area (Å²) in [4.78, 5) is 11.6. The van der Waals surface area contributed by atoms with Crippen LogP contribution < -0.4 is 0 Å². The van der Waals surface area contributed by atoms with Gasteiger partial charge in [0.2, 0.25) is 0 Å². The van der Waals surface area contributed by atoms with Crippen LogP contribution in [0.3, 0.4) is 0 Å². The smallest absolute Gasteiger partial charge is 0.127 e. The van der Waals surface area contributed by atoms with Gasteiger partial charge in [-0.3, -0.25) is 0 Å². The molecule has 0 amide bonds. The summed E-state index contributed by atoms with van der Waals surface area (Å²) >= 11 is 0. The Hall–Kier alpha value is -1.57. The van der Waals surface area contributed by atoms with Gasteiger partial charge in [-0.1, -0.05) is 32.0 Å². The van der Waals surface area contributed by atoms with Gasteiger partial charge in [-0.2, -0.15) is 0 Å². The standard InChI is InChI=1S/C17H21NO/c1-4-18-15-8-6-5-7-13(15)17-14(10-19)12(3)11(2)9-16(17)18/h5-8,10-12,14H,4,9H2,1-3H3. The average molecular weight is 255 g/mol. The molecule has 1 heterocycles. The minimum Gasteiger partial charge on any atom is -0.345 e. The monoisotopic (exact) mass is 255 g/mol. The van der Waals surface area contributed by atoms with Gasteiger partial charge in [0.15, 0.2) is 0 Å². The average Bonchev–Trinajstić information content (AvgIpc) is 2.73. The van der Waals surface area contributed by atoms with Crippen molar-refractivity contribution in [1.29, 1.82) is 0 Å². The minimum absolute atomic E-state index is 0.0523. The van der Waals surface area contributed by atoms with Gasteiger partial charge in [0.05, 0.1) is 0 Å². The molecule has 3 rings (SSSR count). The van der Waals surface area contributed by atoms with Gasteiger partial charge in [-0.05, 0) is 36.8 Å². The molecule has 3 unspecified atom stereocenters. The second-order valence-corrected chi connectivity index (χ2v) is 5.82. The Morgan fingerprint density at radius 3 is 2.74 bits per heavy atom. The summed E-state index contributed by atoms with van der Waals surface area (Å²) in [6.45, 7) is 7.64. The Labute approximate surface area is 114 Å². The van der Waals surface area contributed by atoms with Crippen molar-refractivity contribution in [1.82, 2.24) is 4.57 Å². The third-order valence-electron chi connectivity index (χ3n) is 4.90. The number of aromatic nitrogens is 1. The molecule has 1 aliphatic rings. The van der Waals surface area contributed by atoms with Crippen molar-refractivity contribution in [3.63, 3.8) is 0 Å². The number of aryl methyl sites for hydroxylation is 1. The number of benzene rings is 1. The van der Waals surface area contributed by atoms with Crippen LogP contribution in [0.5, 0.6) is 0 Å². The SMILES string of the molecule is CCn1c2c(c3ccccc31)C(C=O)C(C)C(C)C2. The molecule has 2 nitrogen and oxygen atoms in total. The fourth-order valence-electron chi connectivity index (χ4n) is 3.64. The van der Waals surface area contributed by atoms with E-state index in [0.717, 1.165) is 19.3 Å². The fraction of sp³-hybridized carbons (Fsp3) is 0.471. The molecule has 0 fully saturated rings. The van der Waals surface area contributed by atoms with Crippen LogP contribution in [-0.4, -0.2) is 10.9 Å². The van der Waals surface area contributed by atoms with Crippen LogP contribution in [0.1, 0.15) is 37.9 Å². The van der Waals surface area contributed by atoms with Gasteiger partial charge in [0, 0.05) is 29.1 Å². The Morgan fingerprint density at radius 2 is 2.05 bits per heavy atom. The Balaban J connectivity index is 2.35. The quantitative estimate of drug-likeness (QED) is 0.749.